The van der Waals surface area contributed by atoms with Gasteiger partial charge in [0.05, 0.1) is 31.5 Å². The monoisotopic (exact) mass is 1610 g/mol. The first-order chi connectivity index (χ1) is 52.3. The number of hydrogen-bond acceptors (Lipinski definition) is 21. The number of hydrogen-bond donors (Lipinski definition) is 6. The van der Waals surface area contributed by atoms with Gasteiger partial charge in [0.15, 0.2) is 10.2 Å². The highest BCUT2D eigenvalue weighted by Gasteiger charge is 2.34. The number of thioether (sulfide) groups is 2. The van der Waals surface area contributed by atoms with Gasteiger partial charge in [-0.2, -0.15) is 0 Å². The minimum atomic E-state index is -1.46. The normalized spacial score (nSPS) is 16.6. The SMILES string of the molecule is C/C=C(\NC(=O)c1csc([C@@H](Cc2ccccc2)NC(=O)OC(C)(C)C)n1)C(=O)N[C@H](C(=O)O[C@H](/C=C/CCSC(=O)CCCCCCC)CC(=O)OCC[Si](C)(C)C)C(C)C.C/C=C1\NC(=O)c2csc(n2)[C@H](Cc2ccccc2)NC(=O)C[C@@H](/C=C/CCSC(=O)CCCCCCC)OC(=O)[C@H](C(C)C)NC1=O. The predicted molar refractivity (Wildman–Crippen MR) is 441 cm³/mol. The Morgan fingerprint density at radius 2 is 1.35 bits per heavy atom. The molecule has 6 amide bonds. The Kier molecular flexibility index (Phi) is 43.5. The van der Waals surface area contributed by atoms with Crippen molar-refractivity contribution in [2.24, 2.45) is 11.8 Å². The molecule has 0 fully saturated rings. The Bertz CT molecular complexity index is 3720. The van der Waals surface area contributed by atoms with Crippen LogP contribution in [0.15, 0.2) is 119 Å². The van der Waals surface area contributed by atoms with Crippen molar-refractivity contribution in [3.8, 4) is 0 Å². The number of fused-ring (bicyclic) bond motifs is 2. The van der Waals surface area contributed by atoms with Crippen LogP contribution in [0.4, 0.5) is 4.79 Å². The third-order valence-electron chi connectivity index (χ3n) is 16.8. The molecule has 0 aliphatic carbocycles. The number of nitrogens with zero attached hydrogens (tertiary/aromatic N) is 2. The standard InChI is InChI=1S/C46H70N4O9S2Si.C36H48N4O6S2/c1-11-13-14-15-19-25-39(52)60-27-21-20-24-34(30-38(51)57-26-28-62(8,9)10)58-44(55)40(32(3)4)50-41(53)35(12-2)47-42(54)37-31-61-43(48-37)36(29-33-22-17-16-18-23-33)49-45(56)59-46(5,6)7;1-5-7-8-9-13-19-31(42)47-20-15-14-18-26-22-30(41)37-28(21-25-16-11-10-12-17-25)35-39-29(23-48-35)34(44)38-27(6-2)33(43)40-32(24(3)4)36(45)46-26/h12,16-18,20,22-24,31-32,34,36,40H,11,13-15,19,21,25-30H2,1-10H3,(H,47,54)(H,49,56)(H,50,53);6,10-12,14,16-18,23-24,26,28,32H,5,7-9,13,15,19-22H2,1-4H3,(H,37,41)(H,38,44)(H,40,43)/b24-20+,35-12-;18-14+,27-6-/t34-,36-,40+;26-,28+,32+/m11/s1. The summed E-state index contributed by atoms with van der Waals surface area (Å²) in [7, 11) is -1.46. The van der Waals surface area contributed by atoms with Crippen LogP contribution in [0.3, 0.4) is 0 Å². The fourth-order valence-corrected chi connectivity index (χ4v) is 14.7. The van der Waals surface area contributed by atoms with E-state index < -0.39 is 104 Å². The molecule has 1 aliphatic heterocycles. The summed E-state index contributed by atoms with van der Waals surface area (Å²) in [5.41, 5.74) is 1.16. The van der Waals surface area contributed by atoms with Crippen LogP contribution in [-0.4, -0.2) is 130 Å². The molecule has 23 nitrogen and oxygen atoms in total. The molecule has 0 unspecified atom stereocenters. The molecule has 2 aromatic carbocycles. The number of unbranched alkanes of at least 4 members (excludes halogenated alkanes) is 8. The minimum absolute atomic E-state index is 0.0255. The molecule has 28 heteroatoms. The number of carbonyl (C=O) groups excluding carboxylic acids is 11. The van der Waals surface area contributed by atoms with E-state index in [-0.39, 0.29) is 64.3 Å². The summed E-state index contributed by atoms with van der Waals surface area (Å²) in [5, 5.41) is 20.9. The maximum atomic E-state index is 13.7. The largest absolute Gasteiger partial charge is 0.466 e. The molecule has 6 N–H and O–H groups in total. The molecule has 0 spiro atoms. The number of cyclic esters (lactones) is 1. The molecule has 2 bridgehead atoms. The van der Waals surface area contributed by atoms with E-state index in [1.54, 1.807) is 85.9 Å². The van der Waals surface area contributed by atoms with Crippen LogP contribution in [0.2, 0.25) is 25.7 Å². The lowest BCUT2D eigenvalue weighted by atomic mass is 10.0. The Morgan fingerprint density at radius 1 is 0.745 bits per heavy atom. The minimum Gasteiger partial charge on any atom is -0.466 e. The van der Waals surface area contributed by atoms with E-state index in [1.807, 2.05) is 66.7 Å². The van der Waals surface area contributed by atoms with Gasteiger partial charge >= 0.3 is 24.0 Å². The van der Waals surface area contributed by atoms with Crippen LogP contribution in [0.1, 0.15) is 233 Å². The topological polar surface area (TPSA) is 323 Å². The smallest absolute Gasteiger partial charge is 0.408 e. The number of thiazole rings is 2. The number of rotatable bonds is 39. The maximum Gasteiger partial charge on any atom is 0.408 e. The number of ether oxygens (including phenoxy) is 4. The van der Waals surface area contributed by atoms with Crippen molar-refractivity contribution in [2.75, 3.05) is 18.1 Å². The third-order valence-corrected chi connectivity index (χ3v) is 22.4. The highest BCUT2D eigenvalue weighted by atomic mass is 32.2. The Morgan fingerprint density at radius 3 is 1.93 bits per heavy atom. The van der Waals surface area contributed by atoms with Gasteiger partial charge in [-0.05, 0) is 114 Å². The average Bonchev–Trinajstić information content (AvgIpc) is 1.69. The second kappa shape index (κ2) is 50.8. The molecule has 1 aliphatic rings. The van der Waals surface area contributed by atoms with Crippen molar-refractivity contribution < 1.29 is 71.7 Å². The van der Waals surface area contributed by atoms with Crippen molar-refractivity contribution >= 4 is 118 Å². The van der Waals surface area contributed by atoms with Gasteiger partial charge in [-0.3, -0.25) is 38.4 Å². The molecule has 0 saturated heterocycles. The lowest BCUT2D eigenvalue weighted by Gasteiger charge is -2.25. The molecule has 604 valence electrons. The molecule has 2 aromatic heterocycles. The first-order valence-electron chi connectivity index (χ1n) is 38.4. The number of aromatic nitrogens is 2. The maximum absolute atomic E-state index is 13.7. The summed E-state index contributed by atoms with van der Waals surface area (Å²) in [5.74, 6) is -4.65. The van der Waals surface area contributed by atoms with Crippen LogP contribution in [0, 0.1) is 11.8 Å². The van der Waals surface area contributed by atoms with Crippen LogP contribution in [-0.2, 0) is 70.1 Å². The summed E-state index contributed by atoms with van der Waals surface area (Å²) >= 11 is 4.97. The zero-order chi connectivity index (χ0) is 81.2. The molecule has 4 aromatic rings. The van der Waals surface area contributed by atoms with Gasteiger partial charge in [-0.25, -0.2) is 24.4 Å². The van der Waals surface area contributed by atoms with Crippen LogP contribution >= 0.6 is 46.2 Å². The molecule has 0 radical (unpaired) electrons. The predicted octanol–water partition coefficient (Wildman–Crippen LogP) is 15.7. The zero-order valence-corrected chi connectivity index (χ0v) is 71.0. The number of benzene rings is 2. The summed E-state index contributed by atoms with van der Waals surface area (Å²) in [6.07, 6.45) is 20.7. The second-order valence-corrected chi connectivity index (χ2v) is 39.3. The first kappa shape index (κ1) is 94.3. The molecule has 3 heterocycles. The molecule has 6 atom stereocenters. The third kappa shape index (κ3) is 38.2. The highest BCUT2D eigenvalue weighted by Crippen LogP contribution is 2.27. The Labute approximate surface area is 668 Å². The zero-order valence-electron chi connectivity index (χ0n) is 66.7. The fraction of sp³-hybridized carbons (Fsp3) is 0.549. The van der Waals surface area contributed by atoms with Gasteiger partial charge in [0.2, 0.25) is 5.91 Å². The van der Waals surface area contributed by atoms with Gasteiger partial charge in [-0.1, -0.05) is 221 Å². The van der Waals surface area contributed by atoms with Crippen molar-refractivity contribution in [1.82, 2.24) is 41.9 Å². The quantitative estimate of drug-likeness (QED) is 0.00604. The lowest BCUT2D eigenvalue weighted by molar-refractivity contribution is -0.156. The van der Waals surface area contributed by atoms with E-state index in [9.17, 15) is 52.7 Å². The average molecular weight is 1610 g/mol. The van der Waals surface area contributed by atoms with Crippen molar-refractivity contribution in [3.05, 3.63) is 152 Å². The molecular weight excluding hydrogens is 1490 g/mol. The highest BCUT2D eigenvalue weighted by molar-refractivity contribution is 8.13. The number of allylic oxidation sites excluding steroid dienone is 4. The summed E-state index contributed by atoms with van der Waals surface area (Å²) in [4.78, 5) is 153. The number of esters is 3. The van der Waals surface area contributed by atoms with Crippen molar-refractivity contribution in [1.29, 1.82) is 0 Å². The van der Waals surface area contributed by atoms with Gasteiger partial charge in [0, 0.05) is 43.2 Å². The lowest BCUT2D eigenvalue weighted by Crippen LogP contribution is -2.48. The Balaban J connectivity index is 0.000000479. The van der Waals surface area contributed by atoms with Gasteiger partial charge in [0.1, 0.15) is 62.7 Å². The number of amides is 6. The van der Waals surface area contributed by atoms with Gasteiger partial charge < -0.3 is 50.8 Å². The van der Waals surface area contributed by atoms with Crippen molar-refractivity contribution in [2.45, 2.75) is 259 Å². The van der Waals surface area contributed by atoms with Crippen LogP contribution in [0.25, 0.3) is 0 Å². The summed E-state index contributed by atoms with van der Waals surface area (Å²) in [6.45, 7) is 26.6. The molecule has 110 heavy (non-hydrogen) atoms. The first-order valence-corrected chi connectivity index (χ1v) is 45.8. The fourth-order valence-electron chi connectivity index (χ4n) is 10.7. The van der Waals surface area contributed by atoms with E-state index in [0.717, 1.165) is 68.5 Å². The van der Waals surface area contributed by atoms with E-state index in [1.165, 1.54) is 76.6 Å². The van der Waals surface area contributed by atoms with Crippen molar-refractivity contribution in [3.63, 3.8) is 0 Å². The van der Waals surface area contributed by atoms with E-state index >= 15 is 0 Å². The van der Waals surface area contributed by atoms with E-state index in [4.69, 9.17) is 18.9 Å². The Hall–Kier alpha value is -8.05. The summed E-state index contributed by atoms with van der Waals surface area (Å²) in [6, 6.07) is 16.6. The second-order valence-electron chi connectivity index (χ2n) is 29.6. The van der Waals surface area contributed by atoms with Gasteiger partial charge in [-0.15, -0.1) is 22.7 Å². The number of nitrogens with one attached hydrogen (secondary N) is 6. The number of carbonyl (C=O) groups is 11. The van der Waals surface area contributed by atoms with E-state index in [2.05, 4.69) is 75.4 Å². The van der Waals surface area contributed by atoms with Crippen LogP contribution in [0.5, 0.6) is 0 Å². The molecular formula is C82H118N8O15S4Si. The van der Waals surface area contributed by atoms with Crippen LogP contribution < -0.4 is 31.9 Å². The number of alkyl carbamates (subject to hydrolysis) is 1. The van der Waals surface area contributed by atoms with Gasteiger partial charge in [0.25, 0.3) is 23.6 Å². The molecule has 0 saturated carbocycles. The molecule has 5 rings (SSSR count). The van der Waals surface area contributed by atoms with E-state index in [0.29, 0.717) is 60.0 Å². The summed E-state index contributed by atoms with van der Waals surface area (Å²) < 4.78 is 22.6.